The molecule has 8 atom stereocenters. The number of nitrogens with zero attached hydrogens (tertiary/aromatic N) is 3. The third-order valence-corrected chi connectivity index (χ3v) is 14.5. The lowest BCUT2D eigenvalue weighted by atomic mass is 9.80. The molecule has 78 heavy (non-hydrogen) atoms. The summed E-state index contributed by atoms with van der Waals surface area (Å²) >= 11 is 4.07. The lowest BCUT2D eigenvalue weighted by molar-refractivity contribution is -0.145. The minimum Gasteiger partial charge on any atom is -0.508 e. The molecule has 23 heteroatoms. The van der Waals surface area contributed by atoms with Gasteiger partial charge >= 0.3 is 5.97 Å². The zero-order valence-electron chi connectivity index (χ0n) is 46.6. The van der Waals surface area contributed by atoms with Gasteiger partial charge in [-0.05, 0) is 118 Å². The Bertz CT molecular complexity index is 2250. The van der Waals surface area contributed by atoms with E-state index >= 15 is 0 Å². The van der Waals surface area contributed by atoms with Crippen molar-refractivity contribution >= 4 is 77.4 Å². The van der Waals surface area contributed by atoms with Crippen LogP contribution in [0.4, 0.5) is 0 Å². The van der Waals surface area contributed by atoms with E-state index in [4.69, 9.17) is 17.2 Å². The number of amides is 6. The Labute approximate surface area is 464 Å². The number of hydrogen-bond acceptors (Lipinski definition) is 14. The van der Waals surface area contributed by atoms with Gasteiger partial charge in [-0.2, -0.15) is 12.6 Å². The van der Waals surface area contributed by atoms with Crippen LogP contribution in [0, 0.1) is 29.1 Å². The minimum absolute atomic E-state index is 0.00162. The SMILES string of the molecule is CC(=O)N[C@@H](CCCCNC(=O)CCS)C(=O)N1CCC[C@H]1C(=O)N[C@H](CCCN=C(N)N)C(=O)C[C@@H](CCN)C(=O)N1CCC[C@H]1C(=O)C[C@@H](Cc1ccc(O)cc1)C(=O)N[C@H](C(=O)C[C@@H](CC(C)C)C(=O)O)C(C)(C)C. The summed E-state index contributed by atoms with van der Waals surface area (Å²) in [7, 11) is 0. The molecule has 2 aliphatic heterocycles. The lowest BCUT2D eigenvalue weighted by Crippen LogP contribution is -2.55. The van der Waals surface area contributed by atoms with Gasteiger partial charge in [-0.15, -0.1) is 0 Å². The third kappa shape index (κ3) is 22.0. The third-order valence-electron chi connectivity index (χ3n) is 14.2. The monoisotopic (exact) mass is 1110 g/mol. The van der Waals surface area contributed by atoms with Gasteiger partial charge in [0.2, 0.25) is 35.4 Å². The number of thiol groups is 1. The van der Waals surface area contributed by atoms with E-state index in [9.17, 15) is 58.2 Å². The maximum Gasteiger partial charge on any atom is 0.306 e. The van der Waals surface area contributed by atoms with Gasteiger partial charge in [-0.1, -0.05) is 46.8 Å². The van der Waals surface area contributed by atoms with Gasteiger partial charge in [-0.25, -0.2) is 0 Å². The number of phenolic OH excluding ortho intramolecular Hbond substituents is 1. The summed E-state index contributed by atoms with van der Waals surface area (Å²) in [5, 5.41) is 31.1. The Morgan fingerprint density at radius 1 is 0.769 bits per heavy atom. The van der Waals surface area contributed by atoms with Crippen molar-refractivity contribution in [3.05, 3.63) is 29.8 Å². The summed E-state index contributed by atoms with van der Waals surface area (Å²) in [4.78, 5) is 143. The molecule has 2 heterocycles. The van der Waals surface area contributed by atoms with Gasteiger partial charge in [0.05, 0.1) is 24.0 Å². The van der Waals surface area contributed by atoms with Crippen LogP contribution in [0.15, 0.2) is 29.3 Å². The second-order valence-corrected chi connectivity index (χ2v) is 22.7. The second kappa shape index (κ2) is 32.7. The first-order chi connectivity index (χ1) is 36.8. The normalized spacial score (nSPS) is 17.7. The molecule has 0 radical (unpaired) electrons. The molecule has 1 aromatic rings. The predicted molar refractivity (Wildman–Crippen MR) is 298 cm³/mol. The fraction of sp³-hybridized carbons (Fsp3) is 0.691. The highest BCUT2D eigenvalue weighted by molar-refractivity contribution is 7.80. The smallest absolute Gasteiger partial charge is 0.306 e. The van der Waals surface area contributed by atoms with Crippen LogP contribution in [-0.4, -0.2) is 153 Å². The number of carboxylic acid groups (broad SMARTS) is 1. The largest absolute Gasteiger partial charge is 0.508 e. The molecule has 1 aromatic carbocycles. The van der Waals surface area contributed by atoms with Crippen molar-refractivity contribution in [1.82, 2.24) is 31.1 Å². The van der Waals surface area contributed by atoms with Crippen molar-refractivity contribution < 1.29 is 58.2 Å². The fourth-order valence-electron chi connectivity index (χ4n) is 10.3. The molecule has 0 bridgehead atoms. The number of rotatable bonds is 34. The molecule has 0 aromatic heterocycles. The summed E-state index contributed by atoms with van der Waals surface area (Å²) in [5.41, 5.74) is 16.9. The van der Waals surface area contributed by atoms with Crippen molar-refractivity contribution in [2.45, 2.75) is 174 Å². The number of Topliss-reactive ketones (excluding diaryl/α,β-unsaturated/α-hetero) is 3. The van der Waals surface area contributed by atoms with Gasteiger partial charge in [0.15, 0.2) is 23.3 Å². The van der Waals surface area contributed by atoms with Gasteiger partial charge < -0.3 is 58.5 Å². The molecule has 0 spiro atoms. The molecule has 0 aliphatic carbocycles. The van der Waals surface area contributed by atoms with Gasteiger partial charge in [-0.3, -0.25) is 52.9 Å². The summed E-state index contributed by atoms with van der Waals surface area (Å²) in [6, 6.07) is 0.982. The molecule has 6 amide bonds. The van der Waals surface area contributed by atoms with Crippen LogP contribution in [0.2, 0.25) is 0 Å². The minimum atomic E-state index is -1.15. The van der Waals surface area contributed by atoms with Crippen LogP contribution in [0.3, 0.4) is 0 Å². The van der Waals surface area contributed by atoms with Crippen LogP contribution >= 0.6 is 12.6 Å². The lowest BCUT2D eigenvalue weighted by Gasteiger charge is -2.33. The van der Waals surface area contributed by atoms with Crippen LogP contribution < -0.4 is 38.5 Å². The van der Waals surface area contributed by atoms with Gasteiger partial charge in [0, 0.05) is 70.6 Å². The van der Waals surface area contributed by atoms with Crippen LogP contribution in [-0.2, 0) is 54.4 Å². The molecule has 22 nitrogen and oxygen atoms in total. The zero-order chi connectivity index (χ0) is 58.3. The van der Waals surface area contributed by atoms with E-state index in [0.29, 0.717) is 43.5 Å². The van der Waals surface area contributed by atoms with Crippen molar-refractivity contribution in [2.75, 3.05) is 38.5 Å². The number of phenols is 1. The van der Waals surface area contributed by atoms with E-state index in [0.717, 1.165) is 0 Å². The standard InChI is InChI=1S/C55H88N10O12S/c1-33(2)28-38(53(76)77)32-46(70)48(55(4,5)6)63-49(72)37(29-35-16-18-39(67)19-17-35)31-45(69)42-14-10-25-64(42)51(74)36(20-22-56)30-44(68)40(13-9-24-60-54(57)58)62-50(73)43-15-11-26-65(43)52(75)41(61-34(3)66)12-7-8-23-59-47(71)21-27-78/h16-19,33,36-38,40-43,48,67,78H,7-15,20-32,56H2,1-6H3,(H,59,71)(H,61,66)(H,62,73)(H,63,72)(H,76,77)(H4,57,58,60)/t36-,37-,38-,40-,41+,42+,43+,48-/m1/s1. The predicted octanol–water partition coefficient (Wildman–Crippen LogP) is 2.30. The number of hydrogen-bond donors (Lipinski definition) is 10. The number of likely N-dealkylation sites (tertiary alicyclic amines) is 2. The molecule has 3 rings (SSSR count). The quantitative estimate of drug-likeness (QED) is 0.0205. The number of carbonyl (C=O) groups excluding carboxylic acids is 9. The molecular weight excluding hydrogens is 1020 g/mol. The number of carboxylic acids is 1. The number of nitrogens with two attached hydrogens (primary N) is 3. The van der Waals surface area contributed by atoms with Crippen molar-refractivity contribution in [2.24, 2.45) is 51.3 Å². The average Bonchev–Trinajstić information content (AvgIpc) is 4.08. The highest BCUT2D eigenvalue weighted by Gasteiger charge is 2.43. The summed E-state index contributed by atoms with van der Waals surface area (Å²) < 4.78 is 0. The highest BCUT2D eigenvalue weighted by atomic mass is 32.1. The van der Waals surface area contributed by atoms with Gasteiger partial charge in [0.25, 0.3) is 0 Å². The van der Waals surface area contributed by atoms with Crippen LogP contribution in [0.5, 0.6) is 5.75 Å². The summed E-state index contributed by atoms with van der Waals surface area (Å²) in [5.74, 6) is -8.04. The van der Waals surface area contributed by atoms with E-state index < -0.39 is 106 Å². The maximum absolute atomic E-state index is 14.6. The number of unbranched alkanes of at least 4 members (excludes halogenated alkanes) is 1. The average molecular weight is 1110 g/mol. The summed E-state index contributed by atoms with van der Waals surface area (Å²) in [6.45, 7) is 11.2. The number of nitrogens with one attached hydrogen (secondary N) is 4. The number of benzene rings is 1. The summed E-state index contributed by atoms with van der Waals surface area (Å²) in [6.07, 6.45) is 2.69. The highest BCUT2D eigenvalue weighted by Crippen LogP contribution is 2.30. The molecule has 2 fully saturated rings. The van der Waals surface area contributed by atoms with Crippen LogP contribution in [0.25, 0.3) is 0 Å². The van der Waals surface area contributed by atoms with E-state index in [1.54, 1.807) is 32.9 Å². The molecule has 12 N–H and O–H groups in total. The number of aliphatic carboxylic acids is 1. The van der Waals surface area contributed by atoms with E-state index in [1.165, 1.54) is 28.9 Å². The molecule has 436 valence electrons. The second-order valence-electron chi connectivity index (χ2n) is 22.3. The number of carbonyl (C=O) groups is 10. The molecule has 0 saturated carbocycles. The molecule has 2 aliphatic rings. The Hall–Kier alpha value is -6.10. The zero-order valence-corrected chi connectivity index (χ0v) is 47.5. The topological polar surface area (TPSA) is 356 Å². The number of aromatic hydroxyl groups is 1. The number of aliphatic imine (C=N–C) groups is 1. The molecule has 0 unspecified atom stereocenters. The Morgan fingerprint density at radius 3 is 1.96 bits per heavy atom. The Morgan fingerprint density at radius 2 is 1.38 bits per heavy atom. The molecular formula is C55H88N10O12S. The van der Waals surface area contributed by atoms with Crippen molar-refractivity contribution in [3.8, 4) is 5.75 Å². The van der Waals surface area contributed by atoms with Crippen molar-refractivity contribution in [1.29, 1.82) is 0 Å². The van der Waals surface area contributed by atoms with E-state index in [1.807, 2.05) is 13.8 Å². The van der Waals surface area contributed by atoms with Gasteiger partial charge in [0.1, 0.15) is 17.8 Å². The van der Waals surface area contributed by atoms with Crippen molar-refractivity contribution in [3.63, 3.8) is 0 Å². The van der Waals surface area contributed by atoms with E-state index in [2.05, 4.69) is 38.9 Å². The van der Waals surface area contributed by atoms with E-state index in [-0.39, 0.29) is 127 Å². The number of guanidine groups is 1. The first-order valence-electron chi connectivity index (χ1n) is 27.5. The first-order valence-corrected chi connectivity index (χ1v) is 28.1. The maximum atomic E-state index is 14.6. The van der Waals surface area contributed by atoms with Crippen LogP contribution in [0.1, 0.15) is 143 Å². The number of ketones is 3. The first kappa shape index (κ1) is 66.2. The Balaban J connectivity index is 1.85. The fourth-order valence-corrected chi connectivity index (χ4v) is 10.5. The molecule has 2 saturated heterocycles. The Kier molecular flexibility index (Phi) is 27.8.